The molecule has 0 bridgehead atoms. The van der Waals surface area contributed by atoms with Crippen molar-refractivity contribution in [1.82, 2.24) is 19.9 Å². The van der Waals surface area contributed by atoms with Crippen LogP contribution in [0, 0.1) is 0 Å². The molecule has 2 aromatic heterocycles. The Labute approximate surface area is 253 Å². The van der Waals surface area contributed by atoms with Gasteiger partial charge in [0.2, 0.25) is 11.8 Å². The van der Waals surface area contributed by atoms with Gasteiger partial charge in [0.1, 0.15) is 0 Å². The van der Waals surface area contributed by atoms with Gasteiger partial charge >= 0.3 is 12.0 Å². The van der Waals surface area contributed by atoms with Crippen LogP contribution in [0.5, 0.6) is 23.8 Å². The number of carbonyl (C=O) groups excluding carboxylic acids is 1. The highest BCUT2D eigenvalue weighted by molar-refractivity contribution is 5.77. The topological polar surface area (TPSA) is 144 Å². The molecular formula is C32H42N6O5. The highest BCUT2D eigenvalue weighted by atomic mass is 16.5. The molecule has 4 rings (SSSR count). The fourth-order valence-electron chi connectivity index (χ4n) is 3.54. The van der Waals surface area contributed by atoms with E-state index < -0.39 is 0 Å². The molecule has 0 unspecified atom stereocenters. The van der Waals surface area contributed by atoms with Crippen LogP contribution in [0.4, 0.5) is 11.4 Å². The van der Waals surface area contributed by atoms with Crippen LogP contribution >= 0.6 is 0 Å². The monoisotopic (exact) mass is 590 g/mol. The van der Waals surface area contributed by atoms with Crippen LogP contribution < -0.4 is 30.0 Å². The zero-order valence-corrected chi connectivity index (χ0v) is 26.1. The van der Waals surface area contributed by atoms with Gasteiger partial charge in [-0.05, 0) is 47.2 Å². The number of rotatable bonds is 10. The number of aromatic nitrogens is 4. The number of benzene rings is 2. The van der Waals surface area contributed by atoms with Crippen molar-refractivity contribution >= 4 is 17.7 Å². The summed E-state index contributed by atoms with van der Waals surface area (Å²) in [6.07, 6.45) is 3.68. The summed E-state index contributed by atoms with van der Waals surface area (Å²) in [5.41, 5.74) is 11.3. The summed E-state index contributed by atoms with van der Waals surface area (Å²) in [7, 11) is 5.98. The number of nitrogens with zero attached hydrogens (tertiary/aromatic N) is 4. The van der Waals surface area contributed by atoms with Gasteiger partial charge in [-0.1, -0.05) is 52.0 Å². The predicted octanol–water partition coefficient (Wildman–Crippen LogP) is 5.93. The van der Waals surface area contributed by atoms with Crippen LogP contribution in [0.2, 0.25) is 0 Å². The number of ether oxygens (including phenoxy) is 4. The molecule has 0 radical (unpaired) electrons. The molecule has 0 aliphatic rings. The molecule has 43 heavy (non-hydrogen) atoms. The van der Waals surface area contributed by atoms with Gasteiger partial charge in [0, 0.05) is 30.3 Å². The summed E-state index contributed by atoms with van der Waals surface area (Å²) < 4.78 is 19.8. The zero-order valence-electron chi connectivity index (χ0n) is 26.1. The van der Waals surface area contributed by atoms with Gasteiger partial charge in [-0.2, -0.15) is 9.97 Å². The first-order valence-electron chi connectivity index (χ1n) is 13.7. The molecular weight excluding hydrogens is 548 g/mol. The molecule has 230 valence electrons. The molecule has 0 atom stereocenters. The summed E-state index contributed by atoms with van der Waals surface area (Å²) in [4.78, 5) is 26.2. The van der Waals surface area contributed by atoms with Gasteiger partial charge < -0.3 is 30.0 Å². The second-order valence-electron chi connectivity index (χ2n) is 9.78. The third-order valence-electron chi connectivity index (χ3n) is 6.10. The van der Waals surface area contributed by atoms with E-state index in [1.54, 1.807) is 13.3 Å². The SMILES string of the molecule is CC(C)c1ccc(N)cc1.COc1ncc(C=O)c(OC)n1.COc1ncc(CNc2ccc(C(C)C)cc2)c(OC)n1. The van der Waals surface area contributed by atoms with Crippen LogP contribution in [-0.4, -0.2) is 54.7 Å². The van der Waals surface area contributed by atoms with Crippen LogP contribution in [0.1, 0.15) is 66.6 Å². The number of nitrogens with one attached hydrogen (secondary N) is 1. The molecule has 2 aromatic carbocycles. The Bertz CT molecular complexity index is 1400. The minimum absolute atomic E-state index is 0.178. The van der Waals surface area contributed by atoms with E-state index in [1.165, 1.54) is 38.7 Å². The first-order valence-corrected chi connectivity index (χ1v) is 13.7. The van der Waals surface area contributed by atoms with E-state index in [1.807, 2.05) is 12.1 Å². The van der Waals surface area contributed by atoms with E-state index in [9.17, 15) is 4.79 Å². The van der Waals surface area contributed by atoms with Crippen molar-refractivity contribution in [1.29, 1.82) is 0 Å². The summed E-state index contributed by atoms with van der Waals surface area (Å²) in [6.45, 7) is 9.30. The smallest absolute Gasteiger partial charge is 0.319 e. The molecule has 0 spiro atoms. The average Bonchev–Trinajstić information content (AvgIpc) is 3.04. The lowest BCUT2D eigenvalue weighted by atomic mass is 10.0. The first-order chi connectivity index (χ1) is 20.6. The zero-order chi connectivity index (χ0) is 31.8. The van der Waals surface area contributed by atoms with E-state index in [-0.39, 0.29) is 11.9 Å². The van der Waals surface area contributed by atoms with Gasteiger partial charge in [-0.25, -0.2) is 9.97 Å². The molecule has 0 saturated heterocycles. The maximum atomic E-state index is 10.4. The van der Waals surface area contributed by atoms with Gasteiger partial charge in [0.05, 0.1) is 39.6 Å². The lowest BCUT2D eigenvalue weighted by Crippen LogP contribution is -2.05. The van der Waals surface area contributed by atoms with Crippen molar-refractivity contribution < 1.29 is 23.7 Å². The normalized spacial score (nSPS) is 10.1. The van der Waals surface area contributed by atoms with Gasteiger partial charge in [0.15, 0.2) is 6.29 Å². The number of hydrogen-bond acceptors (Lipinski definition) is 11. The third kappa shape index (κ3) is 11.1. The number of hydrogen-bond donors (Lipinski definition) is 2. The quantitative estimate of drug-likeness (QED) is 0.168. The standard InChI is InChI=1S/C16H21N3O2.C9H13N.C7H8N2O3/c1-11(2)12-5-7-14(8-6-12)17-9-13-10-18-16(21-4)19-15(13)20-3;1-7(2)8-3-5-9(10)6-4-8;1-11-6-5(4-10)3-8-7(9-6)12-2/h5-8,10-11,17H,9H2,1-4H3;3-7H,10H2,1-2H3;3-4H,1-2H3. The molecule has 0 aliphatic carbocycles. The molecule has 11 heteroatoms. The Balaban J connectivity index is 0.000000248. The number of aldehydes is 1. The van der Waals surface area contributed by atoms with Crippen LogP contribution in [0.25, 0.3) is 0 Å². The van der Waals surface area contributed by atoms with E-state index in [2.05, 4.69) is 89.3 Å². The molecule has 11 nitrogen and oxygen atoms in total. The second-order valence-corrected chi connectivity index (χ2v) is 9.78. The summed E-state index contributed by atoms with van der Waals surface area (Å²) in [5, 5.41) is 3.34. The predicted molar refractivity (Wildman–Crippen MR) is 168 cm³/mol. The van der Waals surface area contributed by atoms with Crippen molar-refractivity contribution in [3.63, 3.8) is 0 Å². The van der Waals surface area contributed by atoms with Crippen molar-refractivity contribution in [2.75, 3.05) is 39.5 Å². The number of nitrogens with two attached hydrogens (primary N) is 1. The van der Waals surface area contributed by atoms with Crippen molar-refractivity contribution in [2.24, 2.45) is 0 Å². The van der Waals surface area contributed by atoms with E-state index >= 15 is 0 Å². The number of methoxy groups -OCH3 is 4. The molecule has 0 saturated carbocycles. The minimum atomic E-state index is 0.178. The van der Waals surface area contributed by atoms with Crippen LogP contribution in [0.15, 0.2) is 60.9 Å². The van der Waals surface area contributed by atoms with Crippen molar-refractivity contribution in [3.8, 4) is 23.8 Å². The second kappa shape index (κ2) is 17.8. The maximum Gasteiger partial charge on any atom is 0.319 e. The van der Waals surface area contributed by atoms with Gasteiger partial charge in [-0.3, -0.25) is 4.79 Å². The molecule has 2 heterocycles. The number of nitrogen functional groups attached to an aromatic ring is 1. The highest BCUT2D eigenvalue weighted by Gasteiger charge is 2.08. The average molecular weight is 591 g/mol. The fourth-order valence-corrected chi connectivity index (χ4v) is 3.54. The maximum absolute atomic E-state index is 10.4. The van der Waals surface area contributed by atoms with Crippen molar-refractivity contribution in [3.05, 3.63) is 83.2 Å². The van der Waals surface area contributed by atoms with Gasteiger partial charge in [-0.15, -0.1) is 0 Å². The summed E-state index contributed by atoms with van der Waals surface area (Å²) >= 11 is 0. The van der Waals surface area contributed by atoms with Crippen LogP contribution in [-0.2, 0) is 6.54 Å². The lowest BCUT2D eigenvalue weighted by molar-refractivity contribution is 0.111. The van der Waals surface area contributed by atoms with Gasteiger partial charge in [0.25, 0.3) is 0 Å². The highest BCUT2D eigenvalue weighted by Crippen LogP contribution is 2.21. The Morgan fingerprint density at radius 1 is 0.721 bits per heavy atom. The molecule has 0 amide bonds. The Morgan fingerprint density at radius 3 is 1.67 bits per heavy atom. The summed E-state index contributed by atoms with van der Waals surface area (Å²) in [5.74, 6) is 1.87. The third-order valence-corrected chi connectivity index (χ3v) is 6.10. The Kier molecular flexibility index (Phi) is 14.2. The Morgan fingerprint density at radius 2 is 1.21 bits per heavy atom. The number of anilines is 2. The summed E-state index contributed by atoms with van der Waals surface area (Å²) in [6, 6.07) is 16.9. The van der Waals surface area contributed by atoms with E-state index in [0.717, 1.165) is 16.9 Å². The Hall–Kier alpha value is -4.93. The van der Waals surface area contributed by atoms with Crippen LogP contribution in [0.3, 0.4) is 0 Å². The minimum Gasteiger partial charge on any atom is -0.481 e. The van der Waals surface area contributed by atoms with E-state index in [4.69, 9.17) is 24.7 Å². The molecule has 3 N–H and O–H groups in total. The molecule has 4 aromatic rings. The number of carbonyl (C=O) groups is 1. The first kappa shape index (κ1) is 34.3. The fraction of sp³-hybridized carbons (Fsp3) is 0.344. The lowest BCUT2D eigenvalue weighted by Gasteiger charge is -2.11. The van der Waals surface area contributed by atoms with Crippen molar-refractivity contribution in [2.45, 2.75) is 46.1 Å². The van der Waals surface area contributed by atoms with E-state index in [0.29, 0.717) is 42.1 Å². The molecule has 0 aliphatic heterocycles. The largest absolute Gasteiger partial charge is 0.481 e. The molecule has 0 fully saturated rings.